The van der Waals surface area contributed by atoms with E-state index in [0.29, 0.717) is 12.8 Å². The number of benzene rings is 1. The number of hydrogen-bond donors (Lipinski definition) is 0. The van der Waals surface area contributed by atoms with Gasteiger partial charge in [0.1, 0.15) is 0 Å². The summed E-state index contributed by atoms with van der Waals surface area (Å²) in [7, 11) is 1.86. The van der Waals surface area contributed by atoms with Crippen molar-refractivity contribution in [2.75, 3.05) is 13.8 Å². The number of ether oxygens (including phenoxy) is 2. The molecule has 1 aromatic carbocycles. The van der Waals surface area contributed by atoms with Gasteiger partial charge in [0.25, 0.3) is 0 Å². The highest BCUT2D eigenvalue weighted by atomic mass is 35.5. The first-order chi connectivity index (χ1) is 7.16. The third kappa shape index (κ3) is 2.36. The summed E-state index contributed by atoms with van der Waals surface area (Å²) in [5, 5.41) is 0. The lowest BCUT2D eigenvalue weighted by Crippen LogP contribution is -2.21. The highest BCUT2D eigenvalue weighted by Gasteiger charge is 2.14. The van der Waals surface area contributed by atoms with Crippen molar-refractivity contribution in [3.05, 3.63) is 23.8 Å². The maximum absolute atomic E-state index is 5.87. The number of hydrogen-bond acceptors (Lipinski definition) is 3. The van der Waals surface area contributed by atoms with Gasteiger partial charge in [-0.3, -0.25) is 0 Å². The summed E-state index contributed by atoms with van der Waals surface area (Å²) in [6, 6.07) is 6.30. The first-order valence-corrected chi connectivity index (χ1v) is 5.28. The zero-order valence-electron chi connectivity index (χ0n) is 8.87. The lowest BCUT2D eigenvalue weighted by atomic mass is 10.1. The summed E-state index contributed by atoms with van der Waals surface area (Å²) < 4.78 is 12.2. The molecular weight excluding hydrogens is 214 g/mol. The van der Waals surface area contributed by atoms with Crippen LogP contribution in [0.15, 0.2) is 18.2 Å². The Kier molecular flexibility index (Phi) is 3.03. The van der Waals surface area contributed by atoms with Crippen molar-refractivity contribution in [3.63, 3.8) is 0 Å². The van der Waals surface area contributed by atoms with Gasteiger partial charge >= 0.3 is 0 Å². The molecule has 4 heteroatoms. The van der Waals surface area contributed by atoms with Crippen LogP contribution in [0.5, 0.6) is 11.5 Å². The Morgan fingerprint density at radius 1 is 1.40 bits per heavy atom. The highest BCUT2D eigenvalue weighted by Crippen LogP contribution is 2.32. The van der Waals surface area contributed by atoms with E-state index in [1.807, 2.05) is 25.2 Å². The van der Waals surface area contributed by atoms with Crippen LogP contribution < -0.4 is 9.47 Å². The maximum Gasteiger partial charge on any atom is 0.231 e. The second-order valence-electron chi connectivity index (χ2n) is 3.77. The number of nitrogens with zero attached hydrogens (tertiary/aromatic N) is 1. The quantitative estimate of drug-likeness (QED) is 0.741. The minimum absolute atomic E-state index is 0.298. The predicted octanol–water partition coefficient (Wildman–Crippen LogP) is 2.43. The molecule has 0 saturated carbocycles. The van der Waals surface area contributed by atoms with E-state index in [1.165, 1.54) is 5.56 Å². The largest absolute Gasteiger partial charge is 0.454 e. The average Bonchev–Trinajstić information content (AvgIpc) is 2.64. The molecule has 0 radical (unpaired) electrons. The minimum atomic E-state index is 0.298. The van der Waals surface area contributed by atoms with Crippen molar-refractivity contribution >= 4 is 11.8 Å². The SMILES string of the molecule is C[C@@H](Cc1ccc2c(c1)OCO2)N(C)Cl. The second-order valence-corrected chi connectivity index (χ2v) is 4.30. The first-order valence-electron chi connectivity index (χ1n) is 4.94. The fraction of sp³-hybridized carbons (Fsp3) is 0.455. The van der Waals surface area contributed by atoms with Crippen molar-refractivity contribution in [2.24, 2.45) is 0 Å². The van der Waals surface area contributed by atoms with Crippen LogP contribution >= 0.6 is 11.8 Å². The van der Waals surface area contributed by atoms with Crippen LogP contribution in [0.1, 0.15) is 12.5 Å². The van der Waals surface area contributed by atoms with Gasteiger partial charge in [-0.15, -0.1) is 0 Å². The van der Waals surface area contributed by atoms with Crippen LogP contribution in [0.2, 0.25) is 0 Å². The van der Waals surface area contributed by atoms with E-state index in [1.54, 1.807) is 4.42 Å². The number of likely N-dealkylation sites (N-methyl/N-ethyl adjacent to an activating group) is 1. The van der Waals surface area contributed by atoms with Gasteiger partial charge in [0, 0.05) is 13.1 Å². The normalized spacial score (nSPS) is 15.7. The van der Waals surface area contributed by atoms with Crippen LogP contribution in [0.25, 0.3) is 0 Å². The smallest absolute Gasteiger partial charge is 0.231 e. The zero-order chi connectivity index (χ0) is 10.8. The van der Waals surface area contributed by atoms with Crippen molar-refractivity contribution in [3.8, 4) is 11.5 Å². The van der Waals surface area contributed by atoms with Crippen LogP contribution in [-0.4, -0.2) is 24.3 Å². The molecule has 0 spiro atoms. The first kappa shape index (κ1) is 10.6. The van der Waals surface area contributed by atoms with Gasteiger partial charge in [-0.25, -0.2) is 4.42 Å². The lowest BCUT2D eigenvalue weighted by Gasteiger charge is -2.16. The molecular formula is C11H14ClNO2. The Labute approximate surface area is 94.7 Å². The van der Waals surface area contributed by atoms with Crippen LogP contribution in [0.3, 0.4) is 0 Å². The molecule has 3 nitrogen and oxygen atoms in total. The van der Waals surface area contributed by atoms with E-state index in [-0.39, 0.29) is 0 Å². The summed E-state index contributed by atoms with van der Waals surface area (Å²) >= 11 is 5.87. The second kappa shape index (κ2) is 4.29. The third-order valence-electron chi connectivity index (χ3n) is 2.58. The molecule has 1 heterocycles. The maximum atomic E-state index is 5.87. The third-order valence-corrected chi connectivity index (χ3v) is 2.91. The summed E-state index contributed by atoms with van der Waals surface area (Å²) in [6.45, 7) is 2.40. The fourth-order valence-electron chi connectivity index (χ4n) is 1.53. The van der Waals surface area contributed by atoms with Gasteiger partial charge in [-0.2, -0.15) is 0 Å². The van der Waals surface area contributed by atoms with E-state index in [9.17, 15) is 0 Å². The van der Waals surface area contributed by atoms with Gasteiger partial charge in [0.2, 0.25) is 6.79 Å². The molecule has 0 bridgehead atoms. The Morgan fingerprint density at radius 3 is 2.87 bits per heavy atom. The molecule has 0 N–H and O–H groups in total. The van der Waals surface area contributed by atoms with Gasteiger partial charge in [-0.05, 0) is 42.8 Å². The molecule has 15 heavy (non-hydrogen) atoms. The van der Waals surface area contributed by atoms with E-state index in [4.69, 9.17) is 21.3 Å². The Balaban J connectivity index is 2.10. The molecule has 2 rings (SSSR count). The molecule has 1 atom stereocenters. The predicted molar refractivity (Wildman–Crippen MR) is 59.3 cm³/mol. The fourth-order valence-corrected chi connectivity index (χ4v) is 1.60. The van der Waals surface area contributed by atoms with Crippen LogP contribution in [-0.2, 0) is 6.42 Å². The summed E-state index contributed by atoms with van der Waals surface area (Å²) in [5.41, 5.74) is 1.21. The number of halogens is 1. The number of fused-ring (bicyclic) bond motifs is 1. The van der Waals surface area contributed by atoms with Gasteiger partial charge in [0.05, 0.1) is 0 Å². The molecule has 0 saturated heterocycles. The van der Waals surface area contributed by atoms with Crippen molar-refractivity contribution in [2.45, 2.75) is 19.4 Å². The molecule has 0 unspecified atom stereocenters. The van der Waals surface area contributed by atoms with Crippen molar-refractivity contribution < 1.29 is 9.47 Å². The van der Waals surface area contributed by atoms with Crippen LogP contribution in [0, 0.1) is 0 Å². The van der Waals surface area contributed by atoms with Crippen LogP contribution in [0.4, 0.5) is 0 Å². The lowest BCUT2D eigenvalue weighted by molar-refractivity contribution is 0.174. The van der Waals surface area contributed by atoms with E-state index in [0.717, 1.165) is 17.9 Å². The minimum Gasteiger partial charge on any atom is -0.454 e. The van der Waals surface area contributed by atoms with E-state index >= 15 is 0 Å². The van der Waals surface area contributed by atoms with E-state index < -0.39 is 0 Å². The van der Waals surface area contributed by atoms with Crippen molar-refractivity contribution in [1.82, 2.24) is 4.42 Å². The Morgan fingerprint density at radius 2 is 2.13 bits per heavy atom. The molecule has 0 amide bonds. The van der Waals surface area contributed by atoms with Gasteiger partial charge < -0.3 is 9.47 Å². The molecule has 1 aliphatic heterocycles. The monoisotopic (exact) mass is 227 g/mol. The highest BCUT2D eigenvalue weighted by molar-refractivity contribution is 6.13. The average molecular weight is 228 g/mol. The van der Waals surface area contributed by atoms with Crippen molar-refractivity contribution in [1.29, 1.82) is 0 Å². The Bertz CT molecular complexity index is 354. The summed E-state index contributed by atoms with van der Waals surface area (Å²) in [5.74, 6) is 1.66. The molecule has 1 aliphatic rings. The topological polar surface area (TPSA) is 21.7 Å². The summed E-state index contributed by atoms with van der Waals surface area (Å²) in [4.78, 5) is 0. The van der Waals surface area contributed by atoms with Gasteiger partial charge in [-0.1, -0.05) is 6.07 Å². The molecule has 1 aromatic rings. The molecule has 0 aliphatic carbocycles. The molecule has 0 fully saturated rings. The molecule has 82 valence electrons. The molecule has 0 aromatic heterocycles. The zero-order valence-corrected chi connectivity index (χ0v) is 9.62. The number of rotatable bonds is 3. The standard InChI is InChI=1S/C11H14ClNO2/c1-8(13(2)12)5-9-3-4-10-11(6-9)15-7-14-10/h3-4,6,8H,5,7H2,1-2H3/t8-/m0/s1. The summed E-state index contributed by atoms with van der Waals surface area (Å²) in [6.07, 6.45) is 0.899. The van der Waals surface area contributed by atoms with Gasteiger partial charge in [0.15, 0.2) is 11.5 Å². The van der Waals surface area contributed by atoms with E-state index in [2.05, 4.69) is 6.92 Å². The Hall–Kier alpha value is -0.930.